The predicted molar refractivity (Wildman–Crippen MR) is 84.8 cm³/mol. The van der Waals surface area contributed by atoms with Crippen molar-refractivity contribution in [1.82, 2.24) is 14.5 Å². The summed E-state index contributed by atoms with van der Waals surface area (Å²) in [6, 6.07) is 4.07. The number of aryl methyl sites for hydroxylation is 2. The molecule has 0 aromatic carbocycles. The highest BCUT2D eigenvalue weighted by Crippen LogP contribution is 2.27. The number of hydrogen-bond acceptors (Lipinski definition) is 4. The number of nitrogen functional groups attached to an aromatic ring is 1. The maximum absolute atomic E-state index is 6.15. The predicted octanol–water partition coefficient (Wildman–Crippen LogP) is 2.25. The first-order valence-corrected chi connectivity index (χ1v) is 7.66. The van der Waals surface area contributed by atoms with Crippen molar-refractivity contribution in [2.75, 3.05) is 32.0 Å². The highest BCUT2D eigenvalue weighted by Gasteiger charge is 2.19. The zero-order valence-electron chi connectivity index (χ0n) is 13.1. The smallest absolute Gasteiger partial charge is 0.257 e. The second-order valence-corrected chi connectivity index (χ2v) is 6.16. The Morgan fingerprint density at radius 1 is 1.38 bits per heavy atom. The Kier molecular flexibility index (Phi) is 3.76. The zero-order valence-corrected chi connectivity index (χ0v) is 13.1. The molecule has 0 spiro atoms. The number of hydrogen-bond donors (Lipinski definition) is 1. The van der Waals surface area contributed by atoms with E-state index in [0.717, 1.165) is 23.7 Å². The molecule has 2 N–H and O–H groups in total. The van der Waals surface area contributed by atoms with Crippen molar-refractivity contribution in [3.8, 4) is 5.88 Å². The second-order valence-electron chi connectivity index (χ2n) is 6.16. The summed E-state index contributed by atoms with van der Waals surface area (Å²) in [4.78, 5) is 2.44. The van der Waals surface area contributed by atoms with Gasteiger partial charge < -0.3 is 10.5 Å². The minimum Gasteiger partial charge on any atom is -0.474 e. The summed E-state index contributed by atoms with van der Waals surface area (Å²) in [7, 11) is 0. The molecule has 2 aromatic heterocycles. The van der Waals surface area contributed by atoms with E-state index in [1.807, 2.05) is 17.5 Å². The van der Waals surface area contributed by atoms with Crippen LogP contribution in [0.1, 0.15) is 24.6 Å². The molecule has 0 amide bonds. The van der Waals surface area contributed by atoms with Crippen LogP contribution in [-0.2, 0) is 0 Å². The van der Waals surface area contributed by atoms with Crippen molar-refractivity contribution in [2.24, 2.45) is 5.92 Å². The first-order chi connectivity index (χ1) is 10.1. The van der Waals surface area contributed by atoms with Crippen LogP contribution in [0.25, 0.3) is 5.52 Å². The topological polar surface area (TPSA) is 55.8 Å². The standard InChI is InChI=1S/C16H24N4O/c1-11-6-7-19(10-11)8-9-21-16-15(17)14-5-4-12(2)13(3)20(14)18-16/h4-5,11H,6-10,17H2,1-3H3. The average Bonchev–Trinajstić information content (AvgIpc) is 3.00. The highest BCUT2D eigenvalue weighted by molar-refractivity contribution is 5.75. The molecule has 5 heteroatoms. The van der Waals surface area contributed by atoms with Crippen LogP contribution in [0.3, 0.4) is 0 Å². The molecule has 0 radical (unpaired) electrons. The molecular weight excluding hydrogens is 264 g/mol. The minimum absolute atomic E-state index is 0.552. The molecular formula is C16H24N4O. The number of pyridine rings is 1. The maximum atomic E-state index is 6.15. The molecule has 3 heterocycles. The first kappa shape index (κ1) is 14.2. The van der Waals surface area contributed by atoms with Crippen LogP contribution in [0.4, 0.5) is 5.69 Å². The lowest BCUT2D eigenvalue weighted by atomic mass is 10.2. The molecule has 0 saturated carbocycles. The Balaban J connectivity index is 1.69. The molecule has 0 aliphatic carbocycles. The lowest BCUT2D eigenvalue weighted by molar-refractivity contribution is 0.228. The Bertz CT molecular complexity index is 649. The Morgan fingerprint density at radius 3 is 2.90 bits per heavy atom. The number of nitrogens with two attached hydrogens (primary N) is 1. The summed E-state index contributed by atoms with van der Waals surface area (Å²) in [5.74, 6) is 1.35. The zero-order chi connectivity index (χ0) is 15.0. The van der Waals surface area contributed by atoms with Gasteiger partial charge in [-0.25, -0.2) is 4.52 Å². The average molecular weight is 288 g/mol. The van der Waals surface area contributed by atoms with E-state index in [9.17, 15) is 0 Å². The van der Waals surface area contributed by atoms with Gasteiger partial charge in [-0.05, 0) is 44.4 Å². The van der Waals surface area contributed by atoms with Gasteiger partial charge in [0, 0.05) is 18.8 Å². The normalized spacial score (nSPS) is 19.5. The third-order valence-corrected chi connectivity index (χ3v) is 4.46. The van der Waals surface area contributed by atoms with Gasteiger partial charge in [0.15, 0.2) is 0 Å². The Hall–Kier alpha value is -1.75. The van der Waals surface area contributed by atoms with Gasteiger partial charge in [-0.3, -0.25) is 4.90 Å². The molecule has 1 fully saturated rings. The summed E-state index contributed by atoms with van der Waals surface area (Å²) in [6.45, 7) is 10.3. The van der Waals surface area contributed by atoms with Gasteiger partial charge in [0.25, 0.3) is 5.88 Å². The van der Waals surface area contributed by atoms with Gasteiger partial charge in [-0.1, -0.05) is 13.0 Å². The number of likely N-dealkylation sites (tertiary alicyclic amines) is 1. The number of anilines is 1. The summed E-state index contributed by atoms with van der Waals surface area (Å²) in [5.41, 5.74) is 10.0. The van der Waals surface area contributed by atoms with Crippen molar-refractivity contribution in [3.05, 3.63) is 23.4 Å². The van der Waals surface area contributed by atoms with Crippen LogP contribution in [0, 0.1) is 19.8 Å². The van der Waals surface area contributed by atoms with Crippen molar-refractivity contribution in [1.29, 1.82) is 0 Å². The summed E-state index contributed by atoms with van der Waals surface area (Å²) in [6.07, 6.45) is 1.29. The second kappa shape index (κ2) is 5.56. The third kappa shape index (κ3) is 2.70. The van der Waals surface area contributed by atoms with Crippen molar-refractivity contribution >= 4 is 11.2 Å². The van der Waals surface area contributed by atoms with Crippen LogP contribution in [-0.4, -0.2) is 40.8 Å². The van der Waals surface area contributed by atoms with Crippen LogP contribution < -0.4 is 10.5 Å². The number of ether oxygens (including phenoxy) is 1. The lowest BCUT2D eigenvalue weighted by Gasteiger charge is -2.14. The highest BCUT2D eigenvalue weighted by atomic mass is 16.5. The fraction of sp³-hybridized carbons (Fsp3) is 0.562. The first-order valence-electron chi connectivity index (χ1n) is 7.66. The van der Waals surface area contributed by atoms with E-state index in [1.54, 1.807) is 0 Å². The number of fused-ring (bicyclic) bond motifs is 1. The fourth-order valence-electron chi connectivity index (χ4n) is 2.94. The number of rotatable bonds is 4. The molecule has 1 unspecified atom stereocenters. The van der Waals surface area contributed by atoms with E-state index < -0.39 is 0 Å². The summed E-state index contributed by atoms with van der Waals surface area (Å²) >= 11 is 0. The van der Waals surface area contributed by atoms with E-state index >= 15 is 0 Å². The van der Waals surface area contributed by atoms with Crippen LogP contribution in [0.15, 0.2) is 12.1 Å². The quantitative estimate of drug-likeness (QED) is 0.937. The minimum atomic E-state index is 0.552. The summed E-state index contributed by atoms with van der Waals surface area (Å²) < 4.78 is 7.69. The number of aromatic nitrogens is 2. The molecule has 114 valence electrons. The van der Waals surface area contributed by atoms with Gasteiger partial charge in [0.1, 0.15) is 12.3 Å². The molecule has 5 nitrogen and oxygen atoms in total. The van der Waals surface area contributed by atoms with E-state index in [-0.39, 0.29) is 0 Å². The number of nitrogens with zero attached hydrogens (tertiary/aromatic N) is 3. The monoisotopic (exact) mass is 288 g/mol. The van der Waals surface area contributed by atoms with Crippen molar-refractivity contribution < 1.29 is 4.74 Å². The van der Waals surface area contributed by atoms with Crippen LogP contribution in [0.5, 0.6) is 5.88 Å². The molecule has 21 heavy (non-hydrogen) atoms. The third-order valence-electron chi connectivity index (χ3n) is 4.46. The molecule has 1 aliphatic rings. The van der Waals surface area contributed by atoms with E-state index in [2.05, 4.69) is 29.9 Å². The molecule has 1 aliphatic heterocycles. The molecule has 1 atom stereocenters. The molecule has 3 rings (SSSR count). The van der Waals surface area contributed by atoms with Crippen molar-refractivity contribution in [3.63, 3.8) is 0 Å². The largest absolute Gasteiger partial charge is 0.474 e. The maximum Gasteiger partial charge on any atom is 0.257 e. The van der Waals surface area contributed by atoms with Gasteiger partial charge in [-0.15, -0.1) is 5.10 Å². The van der Waals surface area contributed by atoms with E-state index in [0.29, 0.717) is 18.2 Å². The van der Waals surface area contributed by atoms with Crippen molar-refractivity contribution in [2.45, 2.75) is 27.2 Å². The van der Waals surface area contributed by atoms with Crippen LogP contribution in [0.2, 0.25) is 0 Å². The van der Waals surface area contributed by atoms with Crippen LogP contribution >= 0.6 is 0 Å². The molecule has 1 saturated heterocycles. The van der Waals surface area contributed by atoms with E-state index in [1.165, 1.54) is 25.1 Å². The summed E-state index contributed by atoms with van der Waals surface area (Å²) in [5, 5.41) is 4.50. The Morgan fingerprint density at radius 2 is 2.19 bits per heavy atom. The molecule has 0 bridgehead atoms. The molecule has 2 aromatic rings. The Labute approximate surface area is 125 Å². The van der Waals surface area contributed by atoms with E-state index in [4.69, 9.17) is 10.5 Å². The lowest BCUT2D eigenvalue weighted by Crippen LogP contribution is -2.26. The van der Waals surface area contributed by atoms with Gasteiger partial charge in [0.05, 0.1) is 5.52 Å². The SMILES string of the molecule is Cc1ccc2c(N)c(OCCN3CCC(C)C3)nn2c1C. The van der Waals surface area contributed by atoms with Gasteiger partial charge in [0.2, 0.25) is 0 Å². The van der Waals surface area contributed by atoms with Gasteiger partial charge in [-0.2, -0.15) is 0 Å². The fourth-order valence-corrected chi connectivity index (χ4v) is 2.94. The van der Waals surface area contributed by atoms with Gasteiger partial charge >= 0.3 is 0 Å².